The molecule has 0 amide bonds. The summed E-state index contributed by atoms with van der Waals surface area (Å²) in [5.74, 6) is -0.908. The van der Waals surface area contributed by atoms with Crippen LogP contribution >= 0.6 is 31.9 Å². The Morgan fingerprint density at radius 3 is 2.21 bits per heavy atom. The van der Waals surface area contributed by atoms with Crippen LogP contribution in [-0.2, 0) is 11.5 Å². The van der Waals surface area contributed by atoms with Crippen LogP contribution in [0, 0.1) is 5.82 Å². The van der Waals surface area contributed by atoms with Crippen LogP contribution in [0.15, 0.2) is 16.6 Å². The molecule has 1 aromatic rings. The van der Waals surface area contributed by atoms with Crippen molar-refractivity contribution < 1.29 is 17.6 Å². The largest absolute Gasteiger partial charge is 0.416 e. The molecule has 0 aliphatic rings. The third-order valence-electron chi connectivity index (χ3n) is 1.60. The number of halogens is 6. The maximum Gasteiger partial charge on any atom is 0.416 e. The van der Waals surface area contributed by atoms with E-state index in [2.05, 4.69) is 31.9 Å². The summed E-state index contributed by atoms with van der Waals surface area (Å²) in [4.78, 5) is 0. The van der Waals surface area contributed by atoms with Crippen molar-refractivity contribution >= 4 is 31.9 Å². The Balaban J connectivity index is 3.40. The van der Waals surface area contributed by atoms with Gasteiger partial charge in [0.25, 0.3) is 0 Å². The van der Waals surface area contributed by atoms with Crippen LogP contribution in [0.3, 0.4) is 0 Å². The van der Waals surface area contributed by atoms with Gasteiger partial charge in [0.2, 0.25) is 0 Å². The standard InChI is InChI=1S/C8H4Br2F4/c9-3-5-6(8(12,13)14)1-4(11)2-7(5)10/h1-2H,3H2. The zero-order valence-electron chi connectivity index (χ0n) is 6.63. The van der Waals surface area contributed by atoms with E-state index in [1.165, 1.54) is 0 Å². The maximum absolute atomic E-state index is 12.7. The normalized spacial score (nSPS) is 11.9. The average molecular weight is 336 g/mol. The smallest absolute Gasteiger partial charge is 0.207 e. The lowest BCUT2D eigenvalue weighted by molar-refractivity contribution is -0.138. The molecule has 0 bridgehead atoms. The van der Waals surface area contributed by atoms with Crippen molar-refractivity contribution in [3.63, 3.8) is 0 Å². The molecule has 0 atom stereocenters. The van der Waals surface area contributed by atoms with Crippen molar-refractivity contribution in [2.75, 3.05) is 0 Å². The van der Waals surface area contributed by atoms with E-state index in [9.17, 15) is 17.6 Å². The molecule has 1 aromatic carbocycles. The molecule has 0 aliphatic carbocycles. The molecular weight excluding hydrogens is 332 g/mol. The van der Waals surface area contributed by atoms with E-state index < -0.39 is 17.6 Å². The number of hydrogen-bond donors (Lipinski definition) is 0. The summed E-state index contributed by atoms with van der Waals surface area (Å²) in [6.07, 6.45) is -4.53. The van der Waals surface area contributed by atoms with Crippen LogP contribution < -0.4 is 0 Å². The van der Waals surface area contributed by atoms with Gasteiger partial charge in [-0.05, 0) is 17.7 Å². The first-order valence-electron chi connectivity index (χ1n) is 3.47. The molecular formula is C8H4Br2F4. The molecule has 0 spiro atoms. The molecule has 0 aromatic heterocycles. The highest BCUT2D eigenvalue weighted by Crippen LogP contribution is 2.36. The van der Waals surface area contributed by atoms with Crippen molar-refractivity contribution in [1.82, 2.24) is 0 Å². The molecule has 0 saturated heterocycles. The van der Waals surface area contributed by atoms with Gasteiger partial charge in [0, 0.05) is 9.80 Å². The molecule has 0 saturated carbocycles. The fraction of sp³-hybridized carbons (Fsp3) is 0.250. The monoisotopic (exact) mass is 334 g/mol. The van der Waals surface area contributed by atoms with Crippen LogP contribution in [-0.4, -0.2) is 0 Å². The van der Waals surface area contributed by atoms with Crippen LogP contribution in [0.2, 0.25) is 0 Å². The van der Waals surface area contributed by atoms with Gasteiger partial charge in [0.05, 0.1) is 5.56 Å². The van der Waals surface area contributed by atoms with Crippen LogP contribution in [0.4, 0.5) is 17.6 Å². The minimum Gasteiger partial charge on any atom is -0.207 e. The molecule has 0 radical (unpaired) electrons. The molecule has 6 heteroatoms. The van der Waals surface area contributed by atoms with Gasteiger partial charge in [-0.25, -0.2) is 4.39 Å². The third-order valence-corrected chi connectivity index (χ3v) is 2.87. The van der Waals surface area contributed by atoms with E-state index in [4.69, 9.17) is 0 Å². The highest BCUT2D eigenvalue weighted by atomic mass is 79.9. The molecule has 0 aliphatic heterocycles. The highest BCUT2D eigenvalue weighted by molar-refractivity contribution is 9.10. The van der Waals surface area contributed by atoms with Gasteiger partial charge in [-0.15, -0.1) is 0 Å². The van der Waals surface area contributed by atoms with Crippen molar-refractivity contribution in [1.29, 1.82) is 0 Å². The van der Waals surface area contributed by atoms with Gasteiger partial charge < -0.3 is 0 Å². The maximum atomic E-state index is 12.7. The Morgan fingerprint density at radius 2 is 1.79 bits per heavy atom. The highest BCUT2D eigenvalue weighted by Gasteiger charge is 2.34. The van der Waals surface area contributed by atoms with Crippen molar-refractivity contribution in [3.05, 3.63) is 33.5 Å². The number of hydrogen-bond acceptors (Lipinski definition) is 0. The Kier molecular flexibility index (Phi) is 3.58. The van der Waals surface area contributed by atoms with E-state index in [0.29, 0.717) is 6.07 Å². The SMILES string of the molecule is Fc1cc(Br)c(CBr)c(C(F)(F)F)c1. The lowest BCUT2D eigenvalue weighted by atomic mass is 10.1. The van der Waals surface area contributed by atoms with Gasteiger partial charge in [0.15, 0.2) is 0 Å². The number of rotatable bonds is 1. The van der Waals surface area contributed by atoms with Gasteiger partial charge in [0.1, 0.15) is 5.82 Å². The second-order valence-corrected chi connectivity index (χ2v) is 3.96. The zero-order chi connectivity index (χ0) is 10.9. The third kappa shape index (κ3) is 2.48. The minimum absolute atomic E-state index is 0.00102. The van der Waals surface area contributed by atoms with Crippen LogP contribution in [0.1, 0.15) is 11.1 Å². The quantitative estimate of drug-likeness (QED) is 0.523. The Labute approximate surface area is 94.6 Å². The van der Waals surface area contributed by atoms with Gasteiger partial charge in [-0.1, -0.05) is 31.9 Å². The van der Waals surface area contributed by atoms with Gasteiger partial charge in [-0.3, -0.25) is 0 Å². The summed E-state index contributed by atoms with van der Waals surface area (Å²) in [7, 11) is 0. The Morgan fingerprint density at radius 1 is 1.21 bits per heavy atom. The first-order chi connectivity index (χ1) is 6.36. The molecule has 0 N–H and O–H groups in total. The lowest BCUT2D eigenvalue weighted by Gasteiger charge is -2.12. The summed E-state index contributed by atoms with van der Waals surface area (Å²) < 4.78 is 50.0. The van der Waals surface area contributed by atoms with E-state index in [1.807, 2.05) is 0 Å². The topological polar surface area (TPSA) is 0 Å². The van der Waals surface area contributed by atoms with E-state index in [0.717, 1.165) is 6.07 Å². The predicted octanol–water partition coefficient (Wildman–Crippen LogP) is 4.50. The molecule has 14 heavy (non-hydrogen) atoms. The van der Waals surface area contributed by atoms with Crippen molar-refractivity contribution in [2.24, 2.45) is 0 Å². The molecule has 78 valence electrons. The predicted molar refractivity (Wildman–Crippen MR) is 51.7 cm³/mol. The zero-order valence-corrected chi connectivity index (χ0v) is 9.80. The summed E-state index contributed by atoms with van der Waals surface area (Å²) in [5.41, 5.74) is -0.958. The first-order valence-corrected chi connectivity index (χ1v) is 5.38. The molecule has 1 rings (SSSR count). The molecule has 0 unspecified atom stereocenters. The molecule has 0 nitrogen and oxygen atoms in total. The minimum atomic E-state index is -4.53. The average Bonchev–Trinajstić information content (AvgIpc) is 2.01. The Hall–Kier alpha value is -0.100. The fourth-order valence-corrected chi connectivity index (χ4v) is 2.55. The van der Waals surface area contributed by atoms with Gasteiger partial charge in [-0.2, -0.15) is 13.2 Å². The van der Waals surface area contributed by atoms with Crippen LogP contribution in [0.25, 0.3) is 0 Å². The molecule has 0 fully saturated rings. The fourth-order valence-electron chi connectivity index (χ4n) is 0.992. The van der Waals surface area contributed by atoms with Crippen molar-refractivity contribution in [3.8, 4) is 0 Å². The summed E-state index contributed by atoms with van der Waals surface area (Å²) >= 11 is 5.80. The summed E-state index contributed by atoms with van der Waals surface area (Å²) in [6, 6.07) is 1.49. The number of alkyl halides is 4. The molecule has 0 heterocycles. The number of benzene rings is 1. The van der Waals surface area contributed by atoms with E-state index in [1.54, 1.807) is 0 Å². The summed E-state index contributed by atoms with van der Waals surface area (Å²) in [5, 5.41) is 0.0166. The van der Waals surface area contributed by atoms with Gasteiger partial charge >= 0.3 is 6.18 Å². The Bertz CT molecular complexity index is 346. The second-order valence-electron chi connectivity index (χ2n) is 2.55. The first kappa shape index (κ1) is 12.0. The second kappa shape index (κ2) is 4.18. The lowest BCUT2D eigenvalue weighted by Crippen LogP contribution is -2.09. The van der Waals surface area contributed by atoms with Crippen molar-refractivity contribution in [2.45, 2.75) is 11.5 Å². The summed E-state index contributed by atoms with van der Waals surface area (Å²) in [6.45, 7) is 0. The van der Waals surface area contributed by atoms with Crippen LogP contribution in [0.5, 0.6) is 0 Å². The van der Waals surface area contributed by atoms with E-state index in [-0.39, 0.29) is 15.4 Å². The van der Waals surface area contributed by atoms with E-state index >= 15 is 0 Å².